The summed E-state index contributed by atoms with van der Waals surface area (Å²) in [5, 5.41) is 0. The van der Waals surface area contributed by atoms with Crippen LogP contribution in [0.4, 0.5) is 23.8 Å². The molecule has 2 aromatic carbocycles. The minimum absolute atomic E-state index is 0.0424. The Kier molecular flexibility index (Phi) is 9.92. The van der Waals surface area contributed by atoms with Gasteiger partial charge >= 0.3 is 18.2 Å². The van der Waals surface area contributed by atoms with Gasteiger partial charge in [-0.25, -0.2) is 9.78 Å². The molecule has 1 amide bonds. The van der Waals surface area contributed by atoms with Crippen LogP contribution in [0.15, 0.2) is 72.9 Å². The van der Waals surface area contributed by atoms with Gasteiger partial charge in [0.2, 0.25) is 0 Å². The molecule has 202 valence electrons. The number of likely N-dealkylation sites (N-methyl/N-ethyl adjacent to an activating group) is 1. The van der Waals surface area contributed by atoms with Gasteiger partial charge < -0.3 is 19.1 Å². The zero-order valence-electron chi connectivity index (χ0n) is 21.0. The molecule has 0 unspecified atom stereocenters. The molecule has 0 spiro atoms. The minimum Gasteiger partial charge on any atom is -0.492 e. The van der Waals surface area contributed by atoms with Crippen molar-refractivity contribution in [3.8, 4) is 11.5 Å². The number of alkyl halides is 3. The third-order valence-electron chi connectivity index (χ3n) is 5.28. The zero-order valence-corrected chi connectivity index (χ0v) is 21.0. The van der Waals surface area contributed by atoms with E-state index in [9.17, 15) is 22.8 Å². The van der Waals surface area contributed by atoms with E-state index in [4.69, 9.17) is 14.2 Å². The summed E-state index contributed by atoms with van der Waals surface area (Å²) in [5.41, 5.74) is -0.310. The Balaban J connectivity index is 1.62. The van der Waals surface area contributed by atoms with Gasteiger partial charge in [-0.3, -0.25) is 9.69 Å². The molecule has 0 N–H and O–H groups in total. The molecular formula is C27H28F3N3O5. The fourth-order valence-corrected chi connectivity index (χ4v) is 3.35. The number of carbonyl (C=O) groups is 2. The lowest BCUT2D eigenvalue weighted by molar-refractivity contribution is -0.144. The smallest absolute Gasteiger partial charge is 0.416 e. The fraction of sp³-hybridized carbons (Fsp3) is 0.296. The van der Waals surface area contributed by atoms with Gasteiger partial charge in [-0.2, -0.15) is 13.2 Å². The lowest BCUT2D eigenvalue weighted by atomic mass is 10.2. The van der Waals surface area contributed by atoms with Crippen LogP contribution in [-0.4, -0.2) is 55.3 Å². The largest absolute Gasteiger partial charge is 0.492 e. The number of rotatable bonds is 11. The number of esters is 1. The first-order valence-electron chi connectivity index (χ1n) is 11.8. The zero-order chi connectivity index (χ0) is 27.5. The van der Waals surface area contributed by atoms with Crippen LogP contribution in [0.3, 0.4) is 0 Å². The van der Waals surface area contributed by atoms with Crippen molar-refractivity contribution < 1.29 is 37.0 Å². The van der Waals surface area contributed by atoms with Crippen LogP contribution in [0.25, 0.3) is 0 Å². The Morgan fingerprint density at radius 1 is 0.974 bits per heavy atom. The summed E-state index contributed by atoms with van der Waals surface area (Å²) in [5.74, 6) is 0.459. The predicted octanol–water partition coefficient (Wildman–Crippen LogP) is 5.18. The maximum absolute atomic E-state index is 13.0. The van der Waals surface area contributed by atoms with Crippen molar-refractivity contribution in [3.63, 3.8) is 0 Å². The van der Waals surface area contributed by atoms with Crippen molar-refractivity contribution in [1.29, 1.82) is 0 Å². The van der Waals surface area contributed by atoms with E-state index in [1.54, 1.807) is 37.4 Å². The molecule has 0 saturated carbocycles. The molecule has 0 aliphatic carbocycles. The highest BCUT2D eigenvalue weighted by Gasteiger charge is 2.31. The van der Waals surface area contributed by atoms with E-state index < -0.39 is 30.3 Å². The lowest BCUT2D eigenvalue weighted by Gasteiger charge is -2.22. The van der Waals surface area contributed by atoms with Gasteiger partial charge in [-0.15, -0.1) is 0 Å². The van der Waals surface area contributed by atoms with E-state index in [0.717, 1.165) is 28.9 Å². The van der Waals surface area contributed by atoms with E-state index in [2.05, 4.69) is 4.98 Å². The van der Waals surface area contributed by atoms with Crippen LogP contribution in [-0.2, 0) is 22.3 Å². The third kappa shape index (κ3) is 8.68. The highest BCUT2D eigenvalue weighted by atomic mass is 19.4. The summed E-state index contributed by atoms with van der Waals surface area (Å²) in [6, 6.07) is 16.5. The van der Waals surface area contributed by atoms with E-state index in [0.29, 0.717) is 24.5 Å². The van der Waals surface area contributed by atoms with E-state index in [-0.39, 0.29) is 18.9 Å². The van der Waals surface area contributed by atoms with Gasteiger partial charge in [0.1, 0.15) is 30.5 Å². The van der Waals surface area contributed by atoms with Crippen molar-refractivity contribution in [2.24, 2.45) is 0 Å². The van der Waals surface area contributed by atoms with E-state index in [1.165, 1.54) is 6.07 Å². The van der Waals surface area contributed by atoms with Gasteiger partial charge in [0.05, 0.1) is 18.7 Å². The molecular weight excluding hydrogens is 503 g/mol. The summed E-state index contributed by atoms with van der Waals surface area (Å²) in [6.45, 7) is 2.26. The molecule has 0 saturated heterocycles. The molecule has 0 fully saturated rings. The van der Waals surface area contributed by atoms with Gasteiger partial charge in [0.15, 0.2) is 0 Å². The van der Waals surface area contributed by atoms with Crippen LogP contribution in [0.5, 0.6) is 11.5 Å². The highest BCUT2D eigenvalue weighted by Crippen LogP contribution is 2.31. The number of nitrogens with zero attached hydrogens (tertiary/aromatic N) is 3. The molecule has 3 aromatic rings. The second kappa shape index (κ2) is 13.3. The van der Waals surface area contributed by atoms with Crippen LogP contribution in [0, 0.1) is 0 Å². The summed E-state index contributed by atoms with van der Waals surface area (Å²) in [4.78, 5) is 32.1. The molecule has 1 heterocycles. The number of anilines is 1. The number of hydrogen-bond acceptors (Lipinski definition) is 7. The van der Waals surface area contributed by atoms with Gasteiger partial charge in [0, 0.05) is 19.8 Å². The van der Waals surface area contributed by atoms with Crippen LogP contribution in [0.2, 0.25) is 0 Å². The number of ether oxygens (including phenoxy) is 3. The van der Waals surface area contributed by atoms with Crippen molar-refractivity contribution in [3.05, 3.63) is 84.1 Å². The van der Waals surface area contributed by atoms with Crippen molar-refractivity contribution >= 4 is 17.9 Å². The summed E-state index contributed by atoms with van der Waals surface area (Å²) in [6.07, 6.45) is -3.87. The first-order chi connectivity index (χ1) is 18.2. The van der Waals surface area contributed by atoms with Crippen LogP contribution in [0.1, 0.15) is 18.1 Å². The van der Waals surface area contributed by atoms with Crippen molar-refractivity contribution in [2.75, 3.05) is 38.3 Å². The average Bonchev–Trinajstić information content (AvgIpc) is 2.89. The summed E-state index contributed by atoms with van der Waals surface area (Å²) < 4.78 is 54.9. The van der Waals surface area contributed by atoms with Crippen molar-refractivity contribution in [1.82, 2.24) is 9.88 Å². The normalized spacial score (nSPS) is 11.0. The Morgan fingerprint density at radius 3 is 2.39 bits per heavy atom. The van der Waals surface area contributed by atoms with Gasteiger partial charge in [-0.05, 0) is 55.0 Å². The molecule has 11 heteroatoms. The third-order valence-corrected chi connectivity index (χ3v) is 5.28. The summed E-state index contributed by atoms with van der Waals surface area (Å²) in [7, 11) is 1.91. The van der Waals surface area contributed by atoms with Gasteiger partial charge in [-0.1, -0.05) is 24.3 Å². The number of halogens is 3. The Hall–Kier alpha value is -4.28. The highest BCUT2D eigenvalue weighted by molar-refractivity contribution is 5.79. The lowest BCUT2D eigenvalue weighted by Crippen LogP contribution is -2.38. The number of hydrogen-bond donors (Lipinski definition) is 0. The number of benzene rings is 2. The number of pyridine rings is 1. The van der Waals surface area contributed by atoms with Crippen molar-refractivity contribution in [2.45, 2.75) is 19.6 Å². The molecule has 0 aliphatic heterocycles. The molecule has 0 atom stereocenters. The monoisotopic (exact) mass is 531 g/mol. The first kappa shape index (κ1) is 28.3. The maximum atomic E-state index is 13.0. The number of carbonyl (C=O) groups excluding carboxylic acids is 2. The summed E-state index contributed by atoms with van der Waals surface area (Å²) >= 11 is 0. The standard InChI is InChI=1S/C27H28F3N3O5/c1-3-36-25(34)19-33(26(35)38-23-8-6-7-21(17-23)27(28,29)30)18-20-10-12-22(13-11-20)37-16-15-32(2)24-9-4-5-14-31-24/h4-14,17H,3,15-16,18-19H2,1-2H3. The molecule has 0 aliphatic rings. The average molecular weight is 532 g/mol. The topological polar surface area (TPSA) is 81.2 Å². The second-order valence-electron chi connectivity index (χ2n) is 8.16. The molecule has 0 radical (unpaired) electrons. The SMILES string of the molecule is CCOC(=O)CN(Cc1ccc(OCCN(C)c2ccccn2)cc1)C(=O)Oc1cccc(C(F)(F)F)c1. The number of aromatic nitrogens is 1. The first-order valence-corrected chi connectivity index (χ1v) is 11.8. The Bertz CT molecular complexity index is 1190. The maximum Gasteiger partial charge on any atom is 0.416 e. The number of amides is 1. The Morgan fingerprint density at radius 2 is 1.74 bits per heavy atom. The predicted molar refractivity (Wildman–Crippen MR) is 134 cm³/mol. The van der Waals surface area contributed by atoms with Gasteiger partial charge in [0.25, 0.3) is 0 Å². The van der Waals surface area contributed by atoms with E-state index in [1.807, 2.05) is 30.1 Å². The quantitative estimate of drug-likeness (QED) is 0.316. The Labute approximate surface area is 218 Å². The minimum atomic E-state index is -4.59. The molecule has 0 bridgehead atoms. The fourth-order valence-electron chi connectivity index (χ4n) is 3.35. The van der Waals surface area contributed by atoms with Crippen LogP contribution < -0.4 is 14.4 Å². The van der Waals surface area contributed by atoms with E-state index >= 15 is 0 Å². The second-order valence-corrected chi connectivity index (χ2v) is 8.16. The molecule has 38 heavy (non-hydrogen) atoms. The molecule has 1 aromatic heterocycles. The van der Waals surface area contributed by atoms with Crippen LogP contribution >= 0.6 is 0 Å². The molecule has 3 rings (SSSR count). The molecule has 8 nitrogen and oxygen atoms in total.